The lowest BCUT2D eigenvalue weighted by molar-refractivity contribution is -0.914. The van der Waals surface area contributed by atoms with E-state index in [1.807, 2.05) is 30.3 Å². The van der Waals surface area contributed by atoms with Crippen molar-refractivity contribution in [2.75, 3.05) is 40.5 Å². The molecule has 6 heteroatoms. The number of rotatable bonds is 9. The summed E-state index contributed by atoms with van der Waals surface area (Å²) >= 11 is 0. The van der Waals surface area contributed by atoms with Crippen molar-refractivity contribution in [3.05, 3.63) is 64.9 Å². The molecule has 2 N–H and O–H groups in total. The van der Waals surface area contributed by atoms with Gasteiger partial charge in [0.25, 0.3) is 0 Å². The highest BCUT2D eigenvalue weighted by Crippen LogP contribution is 2.39. The number of fused-ring (bicyclic) bond motifs is 1. The molecule has 28 heavy (non-hydrogen) atoms. The van der Waals surface area contributed by atoms with E-state index < -0.39 is 0 Å². The number of ketones is 1. The van der Waals surface area contributed by atoms with Gasteiger partial charge < -0.3 is 24.2 Å². The number of phenols is 1. The lowest BCUT2D eigenvalue weighted by Gasteiger charge is -2.20. The van der Waals surface area contributed by atoms with E-state index in [9.17, 15) is 9.90 Å². The summed E-state index contributed by atoms with van der Waals surface area (Å²) in [6.45, 7) is 3.20. The number of quaternary nitrogens is 1. The Morgan fingerprint density at radius 2 is 1.71 bits per heavy atom. The molecule has 0 saturated carbocycles. The summed E-state index contributed by atoms with van der Waals surface area (Å²) in [6, 6.07) is 12.7. The summed E-state index contributed by atoms with van der Waals surface area (Å²) in [5.41, 5.74) is 1.99. The van der Waals surface area contributed by atoms with Gasteiger partial charge in [0, 0.05) is 14.2 Å². The third-order valence-corrected chi connectivity index (χ3v) is 4.76. The Morgan fingerprint density at radius 1 is 1.04 bits per heavy atom. The second-order valence-electron chi connectivity index (χ2n) is 6.70. The van der Waals surface area contributed by atoms with Gasteiger partial charge in [0.15, 0.2) is 11.5 Å². The van der Waals surface area contributed by atoms with Crippen LogP contribution in [-0.2, 0) is 16.0 Å². The highest BCUT2D eigenvalue weighted by atomic mass is 16.5. The van der Waals surface area contributed by atoms with Crippen LogP contribution in [0.5, 0.6) is 11.5 Å². The molecule has 1 heterocycles. The molecule has 3 rings (SSSR count). The number of Topliss-reactive ketones (excluding diaryl/α,β-unsaturated/α-hetero) is 1. The number of allylic oxidation sites excluding steroid dienone is 1. The van der Waals surface area contributed by atoms with Crippen molar-refractivity contribution in [3.8, 4) is 11.5 Å². The second-order valence-corrected chi connectivity index (χ2v) is 6.70. The summed E-state index contributed by atoms with van der Waals surface area (Å²) < 4.78 is 16.3. The van der Waals surface area contributed by atoms with Crippen LogP contribution in [0.3, 0.4) is 0 Å². The van der Waals surface area contributed by atoms with Gasteiger partial charge in [0.2, 0.25) is 5.78 Å². The minimum atomic E-state index is -0.171. The fourth-order valence-electron chi connectivity index (χ4n) is 3.21. The van der Waals surface area contributed by atoms with E-state index in [-0.39, 0.29) is 17.3 Å². The molecule has 0 bridgehead atoms. The Labute approximate surface area is 164 Å². The van der Waals surface area contributed by atoms with Gasteiger partial charge in [0.05, 0.1) is 24.3 Å². The summed E-state index contributed by atoms with van der Waals surface area (Å²) in [4.78, 5) is 13.9. The molecule has 0 radical (unpaired) electrons. The fraction of sp³-hybridized carbons (Fsp3) is 0.318. The number of benzene rings is 2. The maximum absolute atomic E-state index is 12.8. The largest absolute Gasteiger partial charge is 0.507 e. The number of nitrogens with one attached hydrogen (secondary N) is 1. The zero-order valence-electron chi connectivity index (χ0n) is 16.2. The first-order chi connectivity index (χ1) is 13.6. The Kier molecular flexibility index (Phi) is 6.81. The zero-order chi connectivity index (χ0) is 19.9. The van der Waals surface area contributed by atoms with Crippen molar-refractivity contribution in [1.82, 2.24) is 0 Å². The molecular formula is C22H26NO5+. The predicted molar refractivity (Wildman–Crippen MR) is 106 cm³/mol. The SMILES string of the molecule is COCC[NH+](CCOC)Cc1c(O)ccc2c1O/C(=C/c1ccccc1)C2=O. The standard InChI is InChI=1S/C22H25NO5/c1-26-12-10-23(11-13-27-2)15-18-19(24)9-8-17-21(25)20(28-22(17)18)14-16-6-4-3-5-7-16/h3-9,14,24H,10-13,15H2,1-2H3/p+1/b20-14+. The summed E-state index contributed by atoms with van der Waals surface area (Å²) in [6.07, 6.45) is 1.73. The second kappa shape index (κ2) is 9.50. The zero-order valence-corrected chi connectivity index (χ0v) is 16.2. The van der Waals surface area contributed by atoms with Crippen LogP contribution in [0, 0.1) is 0 Å². The lowest BCUT2D eigenvalue weighted by Crippen LogP contribution is -3.11. The summed E-state index contributed by atoms with van der Waals surface area (Å²) in [5, 5.41) is 10.5. The summed E-state index contributed by atoms with van der Waals surface area (Å²) in [7, 11) is 3.32. The first-order valence-electron chi connectivity index (χ1n) is 9.29. The van der Waals surface area contributed by atoms with E-state index in [2.05, 4.69) is 0 Å². The Bertz CT molecular complexity index is 840. The molecular weight excluding hydrogens is 358 g/mol. The first-order valence-corrected chi connectivity index (χ1v) is 9.29. The molecule has 2 aromatic rings. The monoisotopic (exact) mass is 384 g/mol. The van der Waals surface area contributed by atoms with Gasteiger partial charge >= 0.3 is 0 Å². The van der Waals surface area contributed by atoms with Crippen LogP contribution >= 0.6 is 0 Å². The number of phenolic OH excluding ortho intramolecular Hbond substituents is 1. The van der Waals surface area contributed by atoms with Gasteiger partial charge in [-0.05, 0) is 23.8 Å². The summed E-state index contributed by atoms with van der Waals surface area (Å²) in [5.74, 6) is 0.665. The van der Waals surface area contributed by atoms with E-state index in [0.29, 0.717) is 36.6 Å². The Balaban J connectivity index is 1.88. The number of carbonyl (C=O) groups is 1. The minimum absolute atomic E-state index is 0.125. The third-order valence-electron chi connectivity index (χ3n) is 4.76. The molecule has 0 atom stereocenters. The molecule has 0 fully saturated rings. The van der Waals surface area contributed by atoms with E-state index >= 15 is 0 Å². The number of hydrogen-bond donors (Lipinski definition) is 2. The average molecular weight is 384 g/mol. The highest BCUT2D eigenvalue weighted by molar-refractivity contribution is 6.14. The van der Waals surface area contributed by atoms with Crippen LogP contribution in [0.1, 0.15) is 21.5 Å². The number of methoxy groups -OCH3 is 2. The molecule has 0 amide bonds. The van der Waals surface area contributed by atoms with E-state index in [4.69, 9.17) is 14.2 Å². The maximum atomic E-state index is 12.8. The van der Waals surface area contributed by atoms with Crippen LogP contribution in [0.15, 0.2) is 48.2 Å². The third kappa shape index (κ3) is 4.59. The van der Waals surface area contributed by atoms with Gasteiger partial charge in [-0.15, -0.1) is 0 Å². The molecule has 0 aromatic heterocycles. The average Bonchev–Trinajstić information content (AvgIpc) is 3.02. The molecule has 0 unspecified atom stereocenters. The van der Waals surface area contributed by atoms with Crippen LogP contribution in [0.25, 0.3) is 6.08 Å². The normalized spacial score (nSPS) is 14.5. The predicted octanol–water partition coefficient (Wildman–Crippen LogP) is 1.69. The highest BCUT2D eigenvalue weighted by Gasteiger charge is 2.32. The van der Waals surface area contributed by atoms with Crippen LogP contribution in [-0.4, -0.2) is 51.4 Å². The van der Waals surface area contributed by atoms with Crippen molar-refractivity contribution in [2.24, 2.45) is 0 Å². The molecule has 6 nitrogen and oxygen atoms in total. The van der Waals surface area contributed by atoms with E-state index in [1.54, 1.807) is 32.4 Å². The van der Waals surface area contributed by atoms with Crippen molar-refractivity contribution >= 4 is 11.9 Å². The minimum Gasteiger partial charge on any atom is -0.507 e. The molecule has 0 saturated heterocycles. The van der Waals surface area contributed by atoms with Gasteiger partial charge in [0.1, 0.15) is 25.4 Å². The van der Waals surface area contributed by atoms with Gasteiger partial charge in [-0.25, -0.2) is 0 Å². The van der Waals surface area contributed by atoms with Gasteiger partial charge in [-0.3, -0.25) is 4.79 Å². The van der Waals surface area contributed by atoms with Crippen molar-refractivity contribution in [3.63, 3.8) is 0 Å². The smallest absolute Gasteiger partial charge is 0.231 e. The molecule has 0 spiro atoms. The van der Waals surface area contributed by atoms with Gasteiger partial charge in [-0.1, -0.05) is 30.3 Å². The number of ether oxygens (including phenoxy) is 3. The topological polar surface area (TPSA) is 69.4 Å². The number of hydrogen-bond acceptors (Lipinski definition) is 5. The van der Waals surface area contributed by atoms with Gasteiger partial charge in [-0.2, -0.15) is 0 Å². The quantitative estimate of drug-likeness (QED) is 0.644. The molecule has 0 aliphatic carbocycles. The Hall–Kier alpha value is -2.67. The van der Waals surface area contributed by atoms with E-state index in [1.165, 1.54) is 4.90 Å². The Morgan fingerprint density at radius 3 is 2.36 bits per heavy atom. The number of aromatic hydroxyl groups is 1. The first kappa shape index (κ1) is 20.1. The van der Waals surface area contributed by atoms with Crippen LogP contribution < -0.4 is 9.64 Å². The maximum Gasteiger partial charge on any atom is 0.231 e. The number of carbonyl (C=O) groups excluding carboxylic acids is 1. The van der Waals surface area contributed by atoms with Crippen molar-refractivity contribution < 1.29 is 29.0 Å². The van der Waals surface area contributed by atoms with Crippen molar-refractivity contribution in [1.29, 1.82) is 0 Å². The van der Waals surface area contributed by atoms with Crippen LogP contribution in [0.2, 0.25) is 0 Å². The lowest BCUT2D eigenvalue weighted by atomic mass is 10.0. The molecule has 148 valence electrons. The van der Waals surface area contributed by atoms with Crippen LogP contribution in [0.4, 0.5) is 0 Å². The fourth-order valence-corrected chi connectivity index (χ4v) is 3.21. The molecule has 1 aliphatic rings. The molecule has 1 aliphatic heterocycles. The van der Waals surface area contributed by atoms with Crippen molar-refractivity contribution in [2.45, 2.75) is 6.54 Å². The van der Waals surface area contributed by atoms with E-state index in [0.717, 1.165) is 18.7 Å². The molecule has 2 aromatic carbocycles.